The molecule has 8 heteroatoms. The summed E-state index contributed by atoms with van der Waals surface area (Å²) in [4.78, 5) is 29.8. The monoisotopic (exact) mass is 365 g/mol. The molecule has 1 atom stereocenters. The number of ether oxygens (including phenoxy) is 3. The topological polar surface area (TPSA) is 90.0 Å². The van der Waals surface area contributed by atoms with Crippen LogP contribution >= 0.6 is 0 Å². The van der Waals surface area contributed by atoms with Crippen molar-refractivity contribution in [2.45, 2.75) is 39.4 Å². The third-order valence-electron chi connectivity index (χ3n) is 3.59. The molecule has 1 saturated heterocycles. The first-order valence-electron chi connectivity index (χ1n) is 8.75. The largest absolute Gasteiger partial charge is 0.462 e. The lowest BCUT2D eigenvalue weighted by atomic mass is 10.2. The van der Waals surface area contributed by atoms with Crippen LogP contribution in [0.5, 0.6) is 0 Å². The maximum absolute atomic E-state index is 11.7. The van der Waals surface area contributed by atoms with Gasteiger partial charge in [-0.15, -0.1) is 0 Å². The number of pyridine rings is 1. The molecule has 144 valence electrons. The Bertz CT molecular complexity index is 612. The minimum Gasteiger partial charge on any atom is -0.462 e. The van der Waals surface area contributed by atoms with Gasteiger partial charge < -0.3 is 24.4 Å². The number of morpholine rings is 1. The van der Waals surface area contributed by atoms with Gasteiger partial charge >= 0.3 is 12.1 Å². The molecule has 1 N–H and O–H groups in total. The zero-order valence-electron chi connectivity index (χ0n) is 15.8. The second kappa shape index (κ2) is 8.84. The van der Waals surface area contributed by atoms with Crippen LogP contribution in [0.4, 0.5) is 10.6 Å². The van der Waals surface area contributed by atoms with Crippen LogP contribution in [0.1, 0.15) is 38.1 Å². The average molecular weight is 365 g/mol. The molecule has 1 amide bonds. The first kappa shape index (κ1) is 20.0. The fourth-order valence-corrected chi connectivity index (χ4v) is 2.47. The Kier molecular flexibility index (Phi) is 6.79. The van der Waals surface area contributed by atoms with Gasteiger partial charge in [0.1, 0.15) is 11.4 Å². The normalized spacial score (nSPS) is 17.5. The Morgan fingerprint density at radius 2 is 2.15 bits per heavy atom. The van der Waals surface area contributed by atoms with E-state index in [2.05, 4.69) is 15.2 Å². The van der Waals surface area contributed by atoms with Crippen LogP contribution in [0.25, 0.3) is 0 Å². The Labute approximate surface area is 153 Å². The molecule has 0 bridgehead atoms. The smallest absolute Gasteiger partial charge is 0.407 e. The number of hydrogen-bond acceptors (Lipinski definition) is 7. The molecule has 0 saturated carbocycles. The molecular weight excluding hydrogens is 338 g/mol. The van der Waals surface area contributed by atoms with Crippen LogP contribution in [0.3, 0.4) is 0 Å². The minimum atomic E-state index is -0.534. The number of carbonyl (C=O) groups excluding carboxylic acids is 2. The molecule has 0 aliphatic carbocycles. The van der Waals surface area contributed by atoms with Gasteiger partial charge in [0, 0.05) is 25.8 Å². The molecule has 26 heavy (non-hydrogen) atoms. The molecular formula is C18H27N3O5. The van der Waals surface area contributed by atoms with Crippen molar-refractivity contribution in [2.75, 3.05) is 37.7 Å². The Morgan fingerprint density at radius 3 is 2.77 bits per heavy atom. The summed E-state index contributed by atoms with van der Waals surface area (Å²) in [5.74, 6) is 0.372. The predicted octanol–water partition coefficient (Wildman–Crippen LogP) is 1.99. The van der Waals surface area contributed by atoms with E-state index in [0.29, 0.717) is 38.4 Å². The standard InChI is InChI=1S/C18H27N3O5/c1-5-24-16(22)13-6-7-15(19-10-13)21-8-9-25-14(12-21)11-20-17(23)26-18(2,3)4/h6-7,10,14H,5,8-9,11-12H2,1-4H3,(H,20,23). The van der Waals surface area contributed by atoms with Crippen LogP contribution in [-0.4, -0.2) is 61.6 Å². The van der Waals surface area contributed by atoms with Gasteiger partial charge in [-0.2, -0.15) is 0 Å². The zero-order chi connectivity index (χ0) is 19.2. The van der Waals surface area contributed by atoms with Crippen molar-refractivity contribution in [3.05, 3.63) is 23.9 Å². The van der Waals surface area contributed by atoms with Gasteiger partial charge in [-0.1, -0.05) is 0 Å². The predicted molar refractivity (Wildman–Crippen MR) is 96.4 cm³/mol. The summed E-state index contributed by atoms with van der Waals surface area (Å²) in [6.45, 7) is 9.70. The highest BCUT2D eigenvalue weighted by Crippen LogP contribution is 2.16. The first-order valence-corrected chi connectivity index (χ1v) is 8.75. The van der Waals surface area contributed by atoms with E-state index in [9.17, 15) is 9.59 Å². The summed E-state index contributed by atoms with van der Waals surface area (Å²) >= 11 is 0. The third-order valence-corrected chi connectivity index (χ3v) is 3.59. The van der Waals surface area contributed by atoms with Gasteiger partial charge in [0.2, 0.25) is 0 Å². The van der Waals surface area contributed by atoms with Crippen LogP contribution in [0.15, 0.2) is 18.3 Å². The van der Waals surface area contributed by atoms with Gasteiger partial charge in [0.05, 0.1) is 24.9 Å². The summed E-state index contributed by atoms with van der Waals surface area (Å²) < 4.78 is 15.9. The van der Waals surface area contributed by atoms with Crippen LogP contribution < -0.4 is 10.2 Å². The summed E-state index contributed by atoms with van der Waals surface area (Å²) in [6, 6.07) is 3.49. The maximum Gasteiger partial charge on any atom is 0.407 e. The number of rotatable bonds is 5. The van der Waals surface area contributed by atoms with Crippen LogP contribution in [0, 0.1) is 0 Å². The van der Waals surface area contributed by atoms with Gasteiger partial charge in [0.25, 0.3) is 0 Å². The molecule has 0 radical (unpaired) electrons. The van der Waals surface area contributed by atoms with E-state index in [1.165, 1.54) is 6.20 Å². The highest BCUT2D eigenvalue weighted by molar-refractivity contribution is 5.89. The minimum absolute atomic E-state index is 0.164. The Morgan fingerprint density at radius 1 is 1.38 bits per heavy atom. The van der Waals surface area contributed by atoms with E-state index < -0.39 is 11.7 Å². The highest BCUT2D eigenvalue weighted by Gasteiger charge is 2.23. The second-order valence-electron chi connectivity index (χ2n) is 6.95. The molecule has 1 aliphatic rings. The highest BCUT2D eigenvalue weighted by atomic mass is 16.6. The van der Waals surface area contributed by atoms with E-state index in [1.807, 2.05) is 20.8 Å². The lowest BCUT2D eigenvalue weighted by Gasteiger charge is -2.34. The maximum atomic E-state index is 11.7. The molecule has 0 aromatic carbocycles. The number of amides is 1. The van der Waals surface area contributed by atoms with Crippen molar-refractivity contribution < 1.29 is 23.8 Å². The average Bonchev–Trinajstić information content (AvgIpc) is 2.59. The lowest BCUT2D eigenvalue weighted by Crippen LogP contribution is -2.48. The van der Waals surface area contributed by atoms with E-state index in [1.54, 1.807) is 19.1 Å². The molecule has 2 rings (SSSR count). The molecule has 8 nitrogen and oxygen atoms in total. The SMILES string of the molecule is CCOC(=O)c1ccc(N2CCOC(CNC(=O)OC(C)(C)C)C2)nc1. The molecule has 1 fully saturated rings. The molecule has 2 heterocycles. The van der Waals surface area contributed by atoms with Gasteiger partial charge in [-0.25, -0.2) is 14.6 Å². The molecule has 1 unspecified atom stereocenters. The van der Waals surface area contributed by atoms with Crippen molar-refractivity contribution in [3.63, 3.8) is 0 Å². The van der Waals surface area contributed by atoms with Crippen molar-refractivity contribution in [1.82, 2.24) is 10.3 Å². The number of aromatic nitrogens is 1. The van der Waals surface area contributed by atoms with E-state index >= 15 is 0 Å². The lowest BCUT2D eigenvalue weighted by molar-refractivity contribution is 0.0281. The summed E-state index contributed by atoms with van der Waals surface area (Å²) in [6.07, 6.45) is 0.884. The van der Waals surface area contributed by atoms with Crippen LogP contribution in [-0.2, 0) is 14.2 Å². The summed E-state index contributed by atoms with van der Waals surface area (Å²) in [5.41, 5.74) is -0.110. The molecule has 0 spiro atoms. The van der Waals surface area contributed by atoms with E-state index in [0.717, 1.165) is 5.82 Å². The van der Waals surface area contributed by atoms with Crippen molar-refractivity contribution in [2.24, 2.45) is 0 Å². The Balaban J connectivity index is 1.87. The Hall–Kier alpha value is -2.35. The van der Waals surface area contributed by atoms with Crippen molar-refractivity contribution >= 4 is 17.9 Å². The van der Waals surface area contributed by atoms with Crippen molar-refractivity contribution in [3.8, 4) is 0 Å². The number of hydrogen-bond donors (Lipinski definition) is 1. The number of anilines is 1. The fraction of sp³-hybridized carbons (Fsp3) is 0.611. The van der Waals surface area contributed by atoms with E-state index in [-0.39, 0.29) is 12.1 Å². The number of nitrogens with one attached hydrogen (secondary N) is 1. The second-order valence-corrected chi connectivity index (χ2v) is 6.95. The number of alkyl carbamates (subject to hydrolysis) is 1. The van der Waals surface area contributed by atoms with Gasteiger partial charge in [-0.05, 0) is 39.8 Å². The van der Waals surface area contributed by atoms with Crippen LogP contribution in [0.2, 0.25) is 0 Å². The van der Waals surface area contributed by atoms with E-state index in [4.69, 9.17) is 14.2 Å². The summed E-state index contributed by atoms with van der Waals surface area (Å²) in [7, 11) is 0. The molecule has 1 aromatic heterocycles. The van der Waals surface area contributed by atoms with Gasteiger partial charge in [-0.3, -0.25) is 0 Å². The molecule has 1 aromatic rings. The van der Waals surface area contributed by atoms with Crippen molar-refractivity contribution in [1.29, 1.82) is 0 Å². The fourth-order valence-electron chi connectivity index (χ4n) is 2.47. The first-order chi connectivity index (χ1) is 12.3. The number of carbonyl (C=O) groups is 2. The third kappa shape index (κ3) is 6.18. The summed E-state index contributed by atoms with van der Waals surface area (Å²) in [5, 5.41) is 2.72. The quantitative estimate of drug-likeness (QED) is 0.798. The zero-order valence-corrected chi connectivity index (χ0v) is 15.8. The van der Waals surface area contributed by atoms with Gasteiger partial charge in [0.15, 0.2) is 0 Å². The number of esters is 1. The molecule has 1 aliphatic heterocycles. The number of nitrogens with zero attached hydrogens (tertiary/aromatic N) is 2.